The molecule has 1 rings (SSSR count). The van der Waals surface area contributed by atoms with Crippen LogP contribution in [0, 0.1) is 5.92 Å². The molecule has 0 amide bonds. The third-order valence-electron chi connectivity index (χ3n) is 3.26. The number of hydrogen-bond acceptors (Lipinski definition) is 4. The molecule has 1 saturated heterocycles. The van der Waals surface area contributed by atoms with E-state index in [4.69, 9.17) is 0 Å². The van der Waals surface area contributed by atoms with Crippen LogP contribution in [0.25, 0.3) is 0 Å². The number of hydrogen-bond donors (Lipinski definition) is 1. The fourth-order valence-corrected chi connectivity index (χ4v) is 2.97. The Hall–Kier alpha value is -0.420. The lowest BCUT2D eigenvalue weighted by Crippen LogP contribution is -2.28. The molecule has 94 valence electrons. The molecule has 4 nitrogen and oxygen atoms in total. The Morgan fingerprint density at radius 3 is 2.62 bits per heavy atom. The van der Waals surface area contributed by atoms with E-state index in [0.717, 1.165) is 13.0 Å². The second-order valence-corrected chi connectivity index (χ2v) is 6.92. The van der Waals surface area contributed by atoms with Gasteiger partial charge in [-0.15, -0.1) is 0 Å². The van der Waals surface area contributed by atoms with Gasteiger partial charge < -0.3 is 5.32 Å². The van der Waals surface area contributed by atoms with Gasteiger partial charge in [-0.3, -0.25) is 4.79 Å². The summed E-state index contributed by atoms with van der Waals surface area (Å²) in [6.07, 6.45) is 1.76. The number of ketones is 1. The van der Waals surface area contributed by atoms with Crippen LogP contribution in [0.1, 0.15) is 33.1 Å². The Balaban J connectivity index is 2.30. The Bertz CT molecular complexity index is 337. The maximum absolute atomic E-state index is 11.8. The van der Waals surface area contributed by atoms with Crippen LogP contribution in [0.3, 0.4) is 0 Å². The summed E-state index contributed by atoms with van der Waals surface area (Å²) in [5.74, 6) is 0.611. The van der Waals surface area contributed by atoms with Crippen LogP contribution in [0.2, 0.25) is 0 Å². The van der Waals surface area contributed by atoms with E-state index in [1.165, 1.54) is 0 Å². The van der Waals surface area contributed by atoms with Gasteiger partial charge in [0.05, 0.1) is 5.75 Å². The molecule has 16 heavy (non-hydrogen) atoms. The van der Waals surface area contributed by atoms with Crippen LogP contribution < -0.4 is 5.32 Å². The highest BCUT2D eigenvalue weighted by atomic mass is 32.2. The van der Waals surface area contributed by atoms with E-state index in [2.05, 4.69) is 5.32 Å². The van der Waals surface area contributed by atoms with Gasteiger partial charge in [0, 0.05) is 24.1 Å². The highest BCUT2D eigenvalue weighted by Crippen LogP contribution is 2.18. The molecule has 2 unspecified atom stereocenters. The summed E-state index contributed by atoms with van der Waals surface area (Å²) in [4.78, 5) is 11.8. The maximum Gasteiger partial charge on any atom is 0.150 e. The van der Waals surface area contributed by atoms with Crippen molar-refractivity contribution in [1.29, 1.82) is 0 Å². The van der Waals surface area contributed by atoms with E-state index in [9.17, 15) is 13.2 Å². The molecular formula is C11H21NO3S. The quantitative estimate of drug-likeness (QED) is 0.753. The zero-order valence-corrected chi connectivity index (χ0v) is 10.8. The SMILES string of the molecule is CCS(=O)(=O)CCCC(=O)C1CCNC1C. The van der Waals surface area contributed by atoms with Gasteiger partial charge in [0.2, 0.25) is 0 Å². The van der Waals surface area contributed by atoms with Crippen LogP contribution in [0.4, 0.5) is 0 Å². The Morgan fingerprint density at radius 1 is 1.44 bits per heavy atom. The summed E-state index contributed by atoms with van der Waals surface area (Å²) in [5, 5.41) is 3.23. The standard InChI is InChI=1S/C11H21NO3S/c1-3-16(14,15)8-4-5-11(13)10-6-7-12-9(10)2/h9-10,12H,3-8H2,1-2H3. The Labute approximate surface area is 97.7 Å². The first kappa shape index (κ1) is 13.6. The van der Waals surface area contributed by atoms with Crippen molar-refractivity contribution in [3.05, 3.63) is 0 Å². The van der Waals surface area contributed by atoms with Crippen LogP contribution in [0.15, 0.2) is 0 Å². The lowest BCUT2D eigenvalue weighted by atomic mass is 9.94. The molecular weight excluding hydrogens is 226 g/mol. The molecule has 0 aromatic heterocycles. The fourth-order valence-electron chi connectivity index (χ4n) is 2.09. The number of carbonyl (C=O) groups excluding carboxylic acids is 1. The molecule has 1 N–H and O–H groups in total. The molecule has 0 aromatic carbocycles. The maximum atomic E-state index is 11.8. The predicted octanol–water partition coefficient (Wildman–Crippen LogP) is 0.768. The van der Waals surface area contributed by atoms with Gasteiger partial charge in [0.25, 0.3) is 0 Å². The highest BCUT2D eigenvalue weighted by Gasteiger charge is 2.28. The van der Waals surface area contributed by atoms with Crippen molar-refractivity contribution in [3.8, 4) is 0 Å². The zero-order chi connectivity index (χ0) is 12.2. The normalized spacial score (nSPS) is 25.9. The first-order valence-electron chi connectivity index (χ1n) is 5.93. The van der Waals surface area contributed by atoms with Crippen LogP contribution in [-0.4, -0.2) is 38.3 Å². The van der Waals surface area contributed by atoms with Crippen molar-refractivity contribution in [2.75, 3.05) is 18.1 Å². The predicted molar refractivity (Wildman–Crippen MR) is 64.1 cm³/mol. The van der Waals surface area contributed by atoms with Crippen molar-refractivity contribution in [2.24, 2.45) is 5.92 Å². The molecule has 0 aromatic rings. The van der Waals surface area contributed by atoms with E-state index in [0.29, 0.717) is 12.8 Å². The topological polar surface area (TPSA) is 63.2 Å². The molecule has 1 aliphatic heterocycles. The second-order valence-electron chi connectivity index (χ2n) is 4.44. The largest absolute Gasteiger partial charge is 0.314 e. The minimum absolute atomic E-state index is 0.0873. The molecule has 2 atom stereocenters. The first-order valence-corrected chi connectivity index (χ1v) is 7.75. The van der Waals surface area contributed by atoms with E-state index < -0.39 is 9.84 Å². The third-order valence-corrected chi connectivity index (χ3v) is 5.05. The van der Waals surface area contributed by atoms with Gasteiger partial charge in [-0.2, -0.15) is 0 Å². The molecule has 5 heteroatoms. The molecule has 0 saturated carbocycles. The van der Waals surface area contributed by atoms with Crippen LogP contribution in [0.5, 0.6) is 0 Å². The van der Waals surface area contributed by atoms with Crippen molar-refractivity contribution in [3.63, 3.8) is 0 Å². The lowest BCUT2D eigenvalue weighted by Gasteiger charge is -2.13. The summed E-state index contributed by atoms with van der Waals surface area (Å²) >= 11 is 0. The van der Waals surface area contributed by atoms with Gasteiger partial charge >= 0.3 is 0 Å². The van der Waals surface area contributed by atoms with Gasteiger partial charge in [0.1, 0.15) is 15.6 Å². The zero-order valence-electron chi connectivity index (χ0n) is 10.0. The van der Waals surface area contributed by atoms with Gasteiger partial charge in [-0.05, 0) is 26.3 Å². The van der Waals surface area contributed by atoms with Crippen molar-refractivity contribution < 1.29 is 13.2 Å². The summed E-state index contributed by atoms with van der Waals surface area (Å²) in [5.41, 5.74) is 0. The van der Waals surface area contributed by atoms with E-state index in [1.807, 2.05) is 6.92 Å². The van der Waals surface area contributed by atoms with E-state index in [-0.39, 0.29) is 29.2 Å². The van der Waals surface area contributed by atoms with Crippen LogP contribution >= 0.6 is 0 Å². The van der Waals surface area contributed by atoms with Gasteiger partial charge in [-0.1, -0.05) is 6.92 Å². The molecule has 0 spiro atoms. The van der Waals surface area contributed by atoms with E-state index >= 15 is 0 Å². The molecule has 0 bridgehead atoms. The minimum Gasteiger partial charge on any atom is -0.314 e. The highest BCUT2D eigenvalue weighted by molar-refractivity contribution is 7.91. The monoisotopic (exact) mass is 247 g/mol. The number of sulfone groups is 1. The van der Waals surface area contributed by atoms with E-state index in [1.54, 1.807) is 6.92 Å². The van der Waals surface area contributed by atoms with Gasteiger partial charge in [0.15, 0.2) is 0 Å². The second kappa shape index (κ2) is 5.77. The average Bonchev–Trinajstić information content (AvgIpc) is 2.64. The molecule has 0 radical (unpaired) electrons. The smallest absolute Gasteiger partial charge is 0.150 e. The number of carbonyl (C=O) groups is 1. The van der Waals surface area contributed by atoms with Crippen LogP contribution in [-0.2, 0) is 14.6 Å². The summed E-state index contributed by atoms with van der Waals surface area (Å²) < 4.78 is 22.5. The Morgan fingerprint density at radius 2 is 2.12 bits per heavy atom. The number of nitrogens with one attached hydrogen (secondary N) is 1. The van der Waals surface area contributed by atoms with Crippen molar-refractivity contribution in [1.82, 2.24) is 5.32 Å². The molecule has 1 heterocycles. The van der Waals surface area contributed by atoms with Gasteiger partial charge in [-0.25, -0.2) is 8.42 Å². The number of Topliss-reactive ketones (excluding diaryl/α,β-unsaturated/α-hetero) is 1. The van der Waals surface area contributed by atoms with Crippen molar-refractivity contribution in [2.45, 2.75) is 39.2 Å². The molecule has 1 fully saturated rings. The first-order chi connectivity index (χ1) is 7.46. The number of rotatable bonds is 6. The molecule has 0 aliphatic carbocycles. The third kappa shape index (κ3) is 3.87. The average molecular weight is 247 g/mol. The Kier molecular flexibility index (Phi) is 4.92. The van der Waals surface area contributed by atoms with Crippen molar-refractivity contribution >= 4 is 15.6 Å². The molecule has 1 aliphatic rings. The minimum atomic E-state index is -2.92. The summed E-state index contributed by atoms with van der Waals surface area (Å²) in [6, 6.07) is 0.246. The lowest BCUT2D eigenvalue weighted by molar-refractivity contribution is -0.123. The fraction of sp³-hybridized carbons (Fsp3) is 0.909. The summed E-state index contributed by atoms with van der Waals surface area (Å²) in [7, 11) is -2.92. The summed E-state index contributed by atoms with van der Waals surface area (Å²) in [6.45, 7) is 4.54.